The van der Waals surface area contributed by atoms with Crippen LogP contribution in [0.1, 0.15) is 28.7 Å². The van der Waals surface area contributed by atoms with Gasteiger partial charge >= 0.3 is 0 Å². The first-order valence-electron chi connectivity index (χ1n) is 6.07. The number of primary sulfonamides is 1. The standard InChI is InChI=1S/C13H22N2O2S/c1-10-7-11(2)13(12(3)8-10)9-15-5-4-6-18(14,16)17/h7-8,15H,4-6,9H2,1-3H3,(H2,14,16,17). The highest BCUT2D eigenvalue weighted by molar-refractivity contribution is 7.89. The molecule has 0 unspecified atom stereocenters. The number of hydrogen-bond donors (Lipinski definition) is 2. The average molecular weight is 270 g/mol. The third-order valence-corrected chi connectivity index (χ3v) is 3.78. The second-order valence-electron chi connectivity index (χ2n) is 4.77. The Balaban J connectivity index is 2.45. The highest BCUT2D eigenvalue weighted by Crippen LogP contribution is 2.15. The fourth-order valence-electron chi connectivity index (χ4n) is 2.10. The van der Waals surface area contributed by atoms with Crippen molar-refractivity contribution in [2.45, 2.75) is 33.7 Å². The molecule has 0 heterocycles. The lowest BCUT2D eigenvalue weighted by Crippen LogP contribution is -2.22. The Morgan fingerprint density at radius 1 is 1.17 bits per heavy atom. The minimum atomic E-state index is -3.33. The molecule has 5 heteroatoms. The monoisotopic (exact) mass is 270 g/mol. The van der Waals surface area contributed by atoms with Crippen LogP contribution in [0.5, 0.6) is 0 Å². The Morgan fingerprint density at radius 2 is 1.72 bits per heavy atom. The first-order valence-corrected chi connectivity index (χ1v) is 7.79. The van der Waals surface area contributed by atoms with Gasteiger partial charge < -0.3 is 5.32 Å². The Bertz CT molecular complexity index is 487. The van der Waals surface area contributed by atoms with E-state index in [2.05, 4.69) is 38.2 Å². The predicted octanol–water partition coefficient (Wildman–Crippen LogP) is 1.38. The smallest absolute Gasteiger partial charge is 0.209 e. The zero-order chi connectivity index (χ0) is 13.8. The van der Waals surface area contributed by atoms with Gasteiger partial charge in [0.1, 0.15) is 0 Å². The molecule has 0 aliphatic carbocycles. The van der Waals surface area contributed by atoms with Crippen LogP contribution in [0.15, 0.2) is 12.1 Å². The summed E-state index contributed by atoms with van der Waals surface area (Å²) in [7, 11) is -3.33. The van der Waals surface area contributed by atoms with Gasteiger partial charge in [-0.2, -0.15) is 0 Å². The first kappa shape index (κ1) is 15.1. The van der Waals surface area contributed by atoms with Crippen LogP contribution in [0.3, 0.4) is 0 Å². The predicted molar refractivity (Wildman–Crippen MR) is 75.0 cm³/mol. The SMILES string of the molecule is Cc1cc(C)c(CNCCCS(N)(=O)=O)c(C)c1. The third-order valence-electron chi connectivity index (χ3n) is 2.92. The maximum absolute atomic E-state index is 10.8. The molecule has 1 aromatic rings. The summed E-state index contributed by atoms with van der Waals surface area (Å²) < 4.78 is 21.5. The van der Waals surface area contributed by atoms with E-state index in [4.69, 9.17) is 5.14 Å². The molecular weight excluding hydrogens is 248 g/mol. The quantitative estimate of drug-likeness (QED) is 0.767. The van der Waals surface area contributed by atoms with Crippen LogP contribution < -0.4 is 10.5 Å². The number of nitrogens with one attached hydrogen (secondary N) is 1. The maximum atomic E-state index is 10.8. The van der Waals surface area contributed by atoms with Crippen molar-refractivity contribution in [1.29, 1.82) is 0 Å². The van der Waals surface area contributed by atoms with E-state index in [0.29, 0.717) is 13.0 Å². The normalized spacial score (nSPS) is 11.8. The minimum absolute atomic E-state index is 0.0336. The molecule has 18 heavy (non-hydrogen) atoms. The van der Waals surface area contributed by atoms with Gasteiger partial charge in [-0.3, -0.25) is 0 Å². The topological polar surface area (TPSA) is 72.2 Å². The van der Waals surface area contributed by atoms with E-state index in [1.165, 1.54) is 22.3 Å². The van der Waals surface area contributed by atoms with Gasteiger partial charge in [0, 0.05) is 6.54 Å². The molecule has 1 aromatic carbocycles. The highest BCUT2D eigenvalue weighted by atomic mass is 32.2. The average Bonchev–Trinajstić information content (AvgIpc) is 2.19. The zero-order valence-corrected chi connectivity index (χ0v) is 12.1. The van der Waals surface area contributed by atoms with Crippen LogP contribution in [0.2, 0.25) is 0 Å². The van der Waals surface area contributed by atoms with Crippen molar-refractivity contribution in [1.82, 2.24) is 5.32 Å². The summed E-state index contributed by atoms with van der Waals surface area (Å²) >= 11 is 0. The summed E-state index contributed by atoms with van der Waals surface area (Å²) in [5, 5.41) is 8.19. The molecule has 0 bridgehead atoms. The second-order valence-corrected chi connectivity index (χ2v) is 6.51. The summed E-state index contributed by atoms with van der Waals surface area (Å²) in [5.41, 5.74) is 5.09. The molecule has 0 radical (unpaired) electrons. The molecule has 0 atom stereocenters. The van der Waals surface area contributed by atoms with Crippen LogP contribution in [-0.4, -0.2) is 20.7 Å². The number of benzene rings is 1. The molecule has 0 fully saturated rings. The Morgan fingerprint density at radius 3 is 2.22 bits per heavy atom. The van der Waals surface area contributed by atoms with Gasteiger partial charge in [0.2, 0.25) is 10.0 Å². The number of sulfonamides is 1. The van der Waals surface area contributed by atoms with Gasteiger partial charge in [0.15, 0.2) is 0 Å². The lowest BCUT2D eigenvalue weighted by atomic mass is 10.00. The molecule has 0 saturated carbocycles. The van der Waals surface area contributed by atoms with E-state index in [1.807, 2.05) is 0 Å². The molecular formula is C13H22N2O2S. The molecule has 0 saturated heterocycles. The second kappa shape index (κ2) is 6.31. The molecule has 3 N–H and O–H groups in total. The van der Waals surface area contributed by atoms with Crippen molar-refractivity contribution in [3.63, 3.8) is 0 Å². The fraction of sp³-hybridized carbons (Fsp3) is 0.538. The van der Waals surface area contributed by atoms with Crippen molar-refractivity contribution in [2.75, 3.05) is 12.3 Å². The number of nitrogens with two attached hydrogens (primary N) is 1. The van der Waals surface area contributed by atoms with E-state index in [0.717, 1.165) is 6.54 Å². The number of rotatable bonds is 6. The van der Waals surface area contributed by atoms with Gasteiger partial charge in [-0.05, 0) is 50.4 Å². The van der Waals surface area contributed by atoms with Crippen LogP contribution in [-0.2, 0) is 16.6 Å². The fourth-order valence-corrected chi connectivity index (χ4v) is 2.65. The van der Waals surface area contributed by atoms with Crippen molar-refractivity contribution in [3.8, 4) is 0 Å². The van der Waals surface area contributed by atoms with Crippen molar-refractivity contribution in [3.05, 3.63) is 34.4 Å². The van der Waals surface area contributed by atoms with E-state index >= 15 is 0 Å². The van der Waals surface area contributed by atoms with Gasteiger partial charge in [-0.15, -0.1) is 0 Å². The minimum Gasteiger partial charge on any atom is -0.313 e. The van der Waals surface area contributed by atoms with Crippen LogP contribution in [0, 0.1) is 20.8 Å². The van der Waals surface area contributed by atoms with Gasteiger partial charge in [0.25, 0.3) is 0 Å². The van der Waals surface area contributed by atoms with Crippen molar-refractivity contribution >= 4 is 10.0 Å². The maximum Gasteiger partial charge on any atom is 0.209 e. The molecule has 102 valence electrons. The van der Waals surface area contributed by atoms with E-state index < -0.39 is 10.0 Å². The summed E-state index contributed by atoms with van der Waals surface area (Å²) in [6.07, 6.45) is 0.544. The van der Waals surface area contributed by atoms with Crippen LogP contribution in [0.25, 0.3) is 0 Å². The lowest BCUT2D eigenvalue weighted by molar-refractivity contribution is 0.590. The van der Waals surface area contributed by atoms with E-state index in [-0.39, 0.29) is 5.75 Å². The van der Waals surface area contributed by atoms with E-state index in [1.54, 1.807) is 0 Å². The Hall–Kier alpha value is -0.910. The lowest BCUT2D eigenvalue weighted by Gasteiger charge is -2.12. The molecule has 0 aromatic heterocycles. The zero-order valence-electron chi connectivity index (χ0n) is 11.3. The summed E-state index contributed by atoms with van der Waals surface area (Å²) in [6.45, 7) is 7.71. The highest BCUT2D eigenvalue weighted by Gasteiger charge is 2.04. The summed E-state index contributed by atoms with van der Waals surface area (Å²) in [4.78, 5) is 0. The summed E-state index contributed by atoms with van der Waals surface area (Å²) in [5.74, 6) is 0.0336. The Labute approximate surface area is 110 Å². The van der Waals surface area contributed by atoms with Crippen LogP contribution >= 0.6 is 0 Å². The summed E-state index contributed by atoms with van der Waals surface area (Å²) in [6, 6.07) is 4.32. The first-order chi connectivity index (χ1) is 8.29. The van der Waals surface area contributed by atoms with Gasteiger partial charge in [-0.1, -0.05) is 17.7 Å². The molecule has 0 amide bonds. The van der Waals surface area contributed by atoms with Crippen LogP contribution in [0.4, 0.5) is 0 Å². The molecule has 1 rings (SSSR count). The molecule has 0 aliphatic heterocycles. The number of aryl methyl sites for hydroxylation is 3. The van der Waals surface area contributed by atoms with Crippen molar-refractivity contribution < 1.29 is 8.42 Å². The van der Waals surface area contributed by atoms with E-state index in [9.17, 15) is 8.42 Å². The van der Waals surface area contributed by atoms with Gasteiger partial charge in [0.05, 0.1) is 5.75 Å². The van der Waals surface area contributed by atoms with Crippen molar-refractivity contribution in [2.24, 2.45) is 5.14 Å². The largest absolute Gasteiger partial charge is 0.313 e. The molecule has 0 spiro atoms. The molecule has 4 nitrogen and oxygen atoms in total. The third kappa shape index (κ3) is 5.16. The number of hydrogen-bond acceptors (Lipinski definition) is 3. The molecule has 0 aliphatic rings. The van der Waals surface area contributed by atoms with Gasteiger partial charge in [-0.25, -0.2) is 13.6 Å². The Kier molecular flexibility index (Phi) is 5.31.